The van der Waals surface area contributed by atoms with Gasteiger partial charge in [0.1, 0.15) is 0 Å². The van der Waals surface area contributed by atoms with Gasteiger partial charge in [0.25, 0.3) is 0 Å². The fourth-order valence-electron chi connectivity index (χ4n) is 1.74. The summed E-state index contributed by atoms with van der Waals surface area (Å²) in [5, 5.41) is 6.50. The molecule has 0 aromatic heterocycles. The lowest BCUT2D eigenvalue weighted by Crippen LogP contribution is -2.47. The number of rotatable bonds is 3. The number of halogens is 1. The predicted octanol–water partition coefficient (Wildman–Crippen LogP) is 0.543. The largest absolute Gasteiger partial charge is 0.315 e. The molecule has 0 saturated carbocycles. The predicted molar refractivity (Wildman–Crippen MR) is 44.4 cm³/mol. The van der Waals surface area contributed by atoms with Gasteiger partial charge in [-0.2, -0.15) is 0 Å². The molecule has 1 rings (SSSR count). The van der Waals surface area contributed by atoms with Gasteiger partial charge in [-0.15, -0.1) is 0 Å². The highest BCUT2D eigenvalue weighted by molar-refractivity contribution is 4.82. The van der Waals surface area contributed by atoms with Gasteiger partial charge in [0.15, 0.2) is 0 Å². The molecule has 1 fully saturated rings. The van der Waals surface area contributed by atoms with Gasteiger partial charge in [0.2, 0.25) is 0 Å². The first-order valence-corrected chi connectivity index (χ1v) is 4.32. The van der Waals surface area contributed by atoms with Crippen molar-refractivity contribution in [1.82, 2.24) is 10.6 Å². The molecule has 2 nitrogen and oxygen atoms in total. The molecule has 0 radical (unpaired) electrons. The van der Waals surface area contributed by atoms with E-state index in [1.54, 1.807) is 0 Å². The highest BCUT2D eigenvalue weighted by atomic mass is 19.1. The molecule has 0 bridgehead atoms. The van der Waals surface area contributed by atoms with Crippen LogP contribution in [0.25, 0.3) is 0 Å². The minimum atomic E-state index is -0.178. The van der Waals surface area contributed by atoms with Crippen LogP contribution in [0.3, 0.4) is 0 Å². The summed E-state index contributed by atoms with van der Waals surface area (Å²) in [7, 11) is 1.95. The van der Waals surface area contributed by atoms with E-state index >= 15 is 0 Å². The zero-order chi connectivity index (χ0) is 8.10. The molecule has 1 aliphatic rings. The minimum absolute atomic E-state index is 0.178. The molecule has 0 aliphatic carbocycles. The molecule has 3 heteroatoms. The number of nitrogens with one attached hydrogen (secondary N) is 2. The minimum Gasteiger partial charge on any atom is -0.315 e. The Labute approximate surface area is 67.6 Å². The Morgan fingerprint density at radius 2 is 2.45 bits per heavy atom. The van der Waals surface area contributed by atoms with E-state index in [-0.39, 0.29) is 6.67 Å². The normalized spacial score (nSPS) is 32.2. The van der Waals surface area contributed by atoms with E-state index in [0.29, 0.717) is 18.4 Å². The van der Waals surface area contributed by atoms with Crippen molar-refractivity contribution in [3.8, 4) is 0 Å². The van der Waals surface area contributed by atoms with Crippen LogP contribution in [0.5, 0.6) is 0 Å². The first-order chi connectivity index (χ1) is 5.38. The van der Waals surface area contributed by atoms with Gasteiger partial charge in [-0.05, 0) is 32.4 Å². The smallest absolute Gasteiger partial charge is 0.0897 e. The summed E-state index contributed by atoms with van der Waals surface area (Å²) in [6.07, 6.45) is 1.82. The summed E-state index contributed by atoms with van der Waals surface area (Å²) in [5.41, 5.74) is 0. The Bertz CT molecular complexity index is 106. The molecule has 11 heavy (non-hydrogen) atoms. The van der Waals surface area contributed by atoms with Crippen molar-refractivity contribution >= 4 is 0 Å². The second kappa shape index (κ2) is 4.67. The summed E-state index contributed by atoms with van der Waals surface area (Å²) in [6.45, 7) is 1.85. The van der Waals surface area contributed by atoms with E-state index in [2.05, 4.69) is 10.6 Å². The Morgan fingerprint density at radius 1 is 1.64 bits per heavy atom. The zero-order valence-electron chi connectivity index (χ0n) is 7.07. The maximum Gasteiger partial charge on any atom is 0.0897 e. The third-order valence-electron chi connectivity index (χ3n) is 2.48. The fraction of sp³-hybridized carbons (Fsp3) is 1.00. The van der Waals surface area contributed by atoms with E-state index in [1.807, 2.05) is 7.05 Å². The molecule has 2 N–H and O–H groups in total. The number of alkyl halides is 1. The van der Waals surface area contributed by atoms with Crippen LogP contribution in [0.2, 0.25) is 0 Å². The second-order valence-corrected chi connectivity index (χ2v) is 3.13. The number of piperidine rings is 1. The van der Waals surface area contributed by atoms with E-state index in [1.165, 1.54) is 0 Å². The molecule has 0 unspecified atom stereocenters. The quantitative estimate of drug-likeness (QED) is 0.630. The molecule has 0 spiro atoms. The average Bonchev–Trinajstić information content (AvgIpc) is 2.06. The molecular weight excluding hydrogens is 143 g/mol. The fourth-order valence-corrected chi connectivity index (χ4v) is 1.74. The third-order valence-corrected chi connectivity index (χ3v) is 2.48. The molecule has 1 saturated heterocycles. The van der Waals surface area contributed by atoms with Gasteiger partial charge in [-0.3, -0.25) is 4.39 Å². The van der Waals surface area contributed by atoms with Gasteiger partial charge >= 0.3 is 0 Å². The van der Waals surface area contributed by atoms with Crippen LogP contribution in [0.1, 0.15) is 12.8 Å². The van der Waals surface area contributed by atoms with Crippen molar-refractivity contribution < 1.29 is 4.39 Å². The summed E-state index contributed by atoms with van der Waals surface area (Å²) in [4.78, 5) is 0. The maximum atomic E-state index is 12.0. The monoisotopic (exact) mass is 160 g/mol. The van der Waals surface area contributed by atoms with E-state index in [0.717, 1.165) is 19.5 Å². The summed E-state index contributed by atoms with van der Waals surface area (Å²) in [5.74, 6) is 0.534. The highest BCUT2D eigenvalue weighted by Gasteiger charge is 2.22. The van der Waals surface area contributed by atoms with Crippen molar-refractivity contribution in [3.63, 3.8) is 0 Å². The van der Waals surface area contributed by atoms with Crippen molar-refractivity contribution in [2.75, 3.05) is 26.8 Å². The van der Waals surface area contributed by atoms with E-state index in [4.69, 9.17) is 0 Å². The van der Waals surface area contributed by atoms with Crippen molar-refractivity contribution in [3.05, 3.63) is 0 Å². The van der Waals surface area contributed by atoms with Crippen LogP contribution in [0.15, 0.2) is 0 Å². The molecule has 0 aromatic carbocycles. The third kappa shape index (κ3) is 2.42. The van der Waals surface area contributed by atoms with Crippen LogP contribution in [-0.4, -0.2) is 32.9 Å². The molecule has 0 aromatic rings. The molecular formula is C8H17FN2. The van der Waals surface area contributed by atoms with Gasteiger partial charge in [0.05, 0.1) is 6.67 Å². The van der Waals surface area contributed by atoms with Gasteiger partial charge in [-0.25, -0.2) is 0 Å². The number of hydrogen-bond donors (Lipinski definition) is 2. The Kier molecular flexibility index (Phi) is 3.80. The molecule has 1 aliphatic heterocycles. The van der Waals surface area contributed by atoms with Crippen LogP contribution in [0.4, 0.5) is 4.39 Å². The molecule has 1 heterocycles. The number of likely N-dealkylation sites (N-methyl/N-ethyl adjacent to an activating group) is 1. The topological polar surface area (TPSA) is 24.1 Å². The summed E-state index contributed by atoms with van der Waals surface area (Å²) >= 11 is 0. The average molecular weight is 160 g/mol. The summed E-state index contributed by atoms with van der Waals surface area (Å²) in [6, 6.07) is 0.472. The molecule has 2 atom stereocenters. The van der Waals surface area contributed by atoms with E-state index in [9.17, 15) is 4.39 Å². The lowest BCUT2D eigenvalue weighted by Gasteiger charge is -2.31. The van der Waals surface area contributed by atoms with Crippen LogP contribution >= 0.6 is 0 Å². The Hall–Kier alpha value is -0.150. The van der Waals surface area contributed by atoms with Crippen molar-refractivity contribution in [1.29, 1.82) is 0 Å². The van der Waals surface area contributed by atoms with Crippen LogP contribution in [-0.2, 0) is 0 Å². The Balaban J connectivity index is 2.31. The lowest BCUT2D eigenvalue weighted by molar-refractivity contribution is 0.254. The lowest BCUT2D eigenvalue weighted by atomic mass is 9.90. The first-order valence-electron chi connectivity index (χ1n) is 4.32. The SMILES string of the molecule is CN[C@@H]1CNCC[C@H]1CCF. The summed E-state index contributed by atoms with van der Waals surface area (Å²) < 4.78 is 12.0. The highest BCUT2D eigenvalue weighted by Crippen LogP contribution is 2.16. The molecule has 0 amide bonds. The maximum absolute atomic E-state index is 12.0. The first kappa shape index (κ1) is 8.94. The van der Waals surface area contributed by atoms with E-state index < -0.39 is 0 Å². The van der Waals surface area contributed by atoms with Crippen LogP contribution in [0, 0.1) is 5.92 Å². The standard InChI is InChI=1S/C8H17FN2/c1-10-8-6-11-5-3-7(8)2-4-9/h7-8,10-11H,2-6H2,1H3/t7-,8-/m1/s1. The van der Waals surface area contributed by atoms with Gasteiger partial charge in [0, 0.05) is 12.6 Å². The van der Waals surface area contributed by atoms with Crippen molar-refractivity contribution in [2.24, 2.45) is 5.92 Å². The van der Waals surface area contributed by atoms with Crippen LogP contribution < -0.4 is 10.6 Å². The zero-order valence-corrected chi connectivity index (χ0v) is 7.07. The number of hydrogen-bond acceptors (Lipinski definition) is 2. The Morgan fingerprint density at radius 3 is 3.09 bits per heavy atom. The molecule has 66 valence electrons. The van der Waals surface area contributed by atoms with Gasteiger partial charge in [-0.1, -0.05) is 0 Å². The second-order valence-electron chi connectivity index (χ2n) is 3.13. The van der Waals surface area contributed by atoms with Gasteiger partial charge < -0.3 is 10.6 Å². The van der Waals surface area contributed by atoms with Crippen molar-refractivity contribution in [2.45, 2.75) is 18.9 Å².